The second-order valence-corrected chi connectivity index (χ2v) is 5.97. The van der Waals surface area contributed by atoms with Crippen LogP contribution in [0.25, 0.3) is 0 Å². The number of hydrogen-bond donors (Lipinski definition) is 1. The molecule has 2 aliphatic rings. The summed E-state index contributed by atoms with van der Waals surface area (Å²) in [5, 5.41) is 3.71. The van der Waals surface area contributed by atoms with Gasteiger partial charge in [-0.1, -0.05) is 20.3 Å². The van der Waals surface area contributed by atoms with Crippen molar-refractivity contribution in [2.24, 2.45) is 5.92 Å². The summed E-state index contributed by atoms with van der Waals surface area (Å²) in [6.07, 6.45) is 6.49. The Labute approximate surface area is 112 Å². The van der Waals surface area contributed by atoms with E-state index >= 15 is 0 Å². The number of rotatable bonds is 6. The molecule has 2 fully saturated rings. The average Bonchev–Trinajstić information content (AvgIpc) is 2.90. The van der Waals surface area contributed by atoms with Gasteiger partial charge in [0.1, 0.15) is 0 Å². The van der Waals surface area contributed by atoms with Gasteiger partial charge in [0, 0.05) is 38.4 Å². The van der Waals surface area contributed by atoms with Gasteiger partial charge < -0.3 is 10.1 Å². The van der Waals surface area contributed by atoms with Crippen molar-refractivity contribution in [3.63, 3.8) is 0 Å². The van der Waals surface area contributed by atoms with Crippen molar-refractivity contribution in [2.45, 2.75) is 58.0 Å². The predicted molar refractivity (Wildman–Crippen MR) is 75.9 cm³/mol. The molecular formula is C15H30N2O. The summed E-state index contributed by atoms with van der Waals surface area (Å²) in [7, 11) is 0. The van der Waals surface area contributed by atoms with Crippen LogP contribution in [0.1, 0.15) is 46.0 Å². The first-order chi connectivity index (χ1) is 8.83. The molecule has 1 N–H and O–H groups in total. The van der Waals surface area contributed by atoms with Gasteiger partial charge in [-0.2, -0.15) is 0 Å². The second kappa shape index (κ2) is 7.46. The molecule has 3 heteroatoms. The second-order valence-electron chi connectivity index (χ2n) is 5.97. The van der Waals surface area contributed by atoms with E-state index in [-0.39, 0.29) is 0 Å². The Morgan fingerprint density at radius 3 is 2.83 bits per heavy atom. The number of ether oxygens (including phenoxy) is 1. The third kappa shape index (κ3) is 3.94. The normalized spacial score (nSPS) is 34.0. The summed E-state index contributed by atoms with van der Waals surface area (Å²) < 4.78 is 5.48. The minimum Gasteiger partial charge on any atom is -0.381 e. The van der Waals surface area contributed by atoms with E-state index in [1.165, 1.54) is 51.7 Å². The first-order valence-electron chi connectivity index (χ1n) is 7.88. The molecule has 0 aromatic carbocycles. The SMILES string of the molecule is CCCC1CN(CCC2CCOC2)C(CC)CN1. The minimum absolute atomic E-state index is 0.720. The molecule has 2 saturated heterocycles. The third-order valence-corrected chi connectivity index (χ3v) is 4.57. The molecule has 0 aromatic heterocycles. The van der Waals surface area contributed by atoms with Gasteiger partial charge in [0.15, 0.2) is 0 Å². The van der Waals surface area contributed by atoms with Crippen LogP contribution in [-0.2, 0) is 4.74 Å². The van der Waals surface area contributed by atoms with E-state index in [0.29, 0.717) is 0 Å². The molecule has 0 saturated carbocycles. The minimum atomic E-state index is 0.720. The van der Waals surface area contributed by atoms with Gasteiger partial charge in [-0.25, -0.2) is 0 Å². The van der Waals surface area contributed by atoms with E-state index in [2.05, 4.69) is 24.1 Å². The van der Waals surface area contributed by atoms with Crippen molar-refractivity contribution in [3.8, 4) is 0 Å². The maximum Gasteiger partial charge on any atom is 0.0495 e. The molecule has 106 valence electrons. The molecular weight excluding hydrogens is 224 g/mol. The summed E-state index contributed by atoms with van der Waals surface area (Å²) in [6, 6.07) is 1.47. The predicted octanol–water partition coefficient (Wildman–Crippen LogP) is 2.27. The van der Waals surface area contributed by atoms with Crippen molar-refractivity contribution in [1.29, 1.82) is 0 Å². The van der Waals surface area contributed by atoms with Gasteiger partial charge in [0.25, 0.3) is 0 Å². The maximum absolute atomic E-state index is 5.48. The van der Waals surface area contributed by atoms with Gasteiger partial charge >= 0.3 is 0 Å². The lowest BCUT2D eigenvalue weighted by Gasteiger charge is -2.40. The van der Waals surface area contributed by atoms with Crippen molar-refractivity contribution < 1.29 is 4.74 Å². The lowest BCUT2D eigenvalue weighted by molar-refractivity contribution is 0.112. The van der Waals surface area contributed by atoms with Gasteiger partial charge in [-0.3, -0.25) is 4.90 Å². The Bertz CT molecular complexity index is 229. The van der Waals surface area contributed by atoms with Crippen molar-refractivity contribution in [3.05, 3.63) is 0 Å². The van der Waals surface area contributed by atoms with Crippen LogP contribution in [0.4, 0.5) is 0 Å². The molecule has 18 heavy (non-hydrogen) atoms. The van der Waals surface area contributed by atoms with Crippen molar-refractivity contribution in [2.75, 3.05) is 32.8 Å². The first kappa shape index (κ1) is 14.3. The fourth-order valence-corrected chi connectivity index (χ4v) is 3.31. The zero-order valence-corrected chi connectivity index (χ0v) is 12.2. The molecule has 0 bridgehead atoms. The molecule has 0 aliphatic carbocycles. The highest BCUT2D eigenvalue weighted by atomic mass is 16.5. The monoisotopic (exact) mass is 254 g/mol. The number of nitrogens with one attached hydrogen (secondary N) is 1. The van der Waals surface area contributed by atoms with Crippen LogP contribution in [0.5, 0.6) is 0 Å². The highest BCUT2D eigenvalue weighted by Crippen LogP contribution is 2.19. The van der Waals surface area contributed by atoms with E-state index in [1.54, 1.807) is 0 Å². The highest BCUT2D eigenvalue weighted by molar-refractivity contribution is 4.85. The highest BCUT2D eigenvalue weighted by Gasteiger charge is 2.27. The zero-order chi connectivity index (χ0) is 12.8. The Balaban J connectivity index is 1.77. The Hall–Kier alpha value is -0.120. The van der Waals surface area contributed by atoms with E-state index < -0.39 is 0 Å². The van der Waals surface area contributed by atoms with Gasteiger partial charge in [0.2, 0.25) is 0 Å². The van der Waals surface area contributed by atoms with E-state index in [0.717, 1.165) is 31.2 Å². The fraction of sp³-hybridized carbons (Fsp3) is 1.00. The van der Waals surface area contributed by atoms with Crippen LogP contribution in [0, 0.1) is 5.92 Å². The molecule has 0 aromatic rings. The van der Waals surface area contributed by atoms with E-state index in [1.807, 2.05) is 0 Å². The van der Waals surface area contributed by atoms with Gasteiger partial charge in [0.05, 0.1) is 0 Å². The van der Waals surface area contributed by atoms with Crippen LogP contribution in [0.15, 0.2) is 0 Å². The molecule has 3 atom stereocenters. The molecule has 3 unspecified atom stereocenters. The number of piperazine rings is 1. The van der Waals surface area contributed by atoms with Crippen molar-refractivity contribution >= 4 is 0 Å². The molecule has 0 radical (unpaired) electrons. The quantitative estimate of drug-likeness (QED) is 0.787. The molecule has 2 aliphatic heterocycles. The summed E-state index contributed by atoms with van der Waals surface area (Å²) >= 11 is 0. The summed E-state index contributed by atoms with van der Waals surface area (Å²) in [5.41, 5.74) is 0. The van der Waals surface area contributed by atoms with Crippen LogP contribution in [0.2, 0.25) is 0 Å². The Morgan fingerprint density at radius 1 is 1.28 bits per heavy atom. The molecule has 0 amide bonds. The van der Waals surface area contributed by atoms with E-state index in [9.17, 15) is 0 Å². The standard InChI is InChI=1S/C15H30N2O/c1-3-5-14-11-17(15(4-2)10-16-14)8-6-13-7-9-18-12-13/h13-16H,3-12H2,1-2H3. The third-order valence-electron chi connectivity index (χ3n) is 4.57. The molecule has 2 heterocycles. The Kier molecular flexibility index (Phi) is 5.93. The van der Waals surface area contributed by atoms with Crippen molar-refractivity contribution in [1.82, 2.24) is 10.2 Å². The number of hydrogen-bond acceptors (Lipinski definition) is 3. The van der Waals surface area contributed by atoms with E-state index in [4.69, 9.17) is 4.74 Å². The molecule has 2 rings (SSSR count). The topological polar surface area (TPSA) is 24.5 Å². The summed E-state index contributed by atoms with van der Waals surface area (Å²) in [4.78, 5) is 2.73. The molecule has 0 spiro atoms. The summed E-state index contributed by atoms with van der Waals surface area (Å²) in [6.45, 7) is 10.3. The average molecular weight is 254 g/mol. The zero-order valence-electron chi connectivity index (χ0n) is 12.2. The van der Waals surface area contributed by atoms with Crippen LogP contribution in [0.3, 0.4) is 0 Å². The van der Waals surface area contributed by atoms with Crippen LogP contribution in [-0.4, -0.2) is 49.8 Å². The van der Waals surface area contributed by atoms with Crippen LogP contribution < -0.4 is 5.32 Å². The largest absolute Gasteiger partial charge is 0.381 e. The van der Waals surface area contributed by atoms with Gasteiger partial charge in [-0.15, -0.1) is 0 Å². The lowest BCUT2D eigenvalue weighted by Crippen LogP contribution is -2.56. The summed E-state index contributed by atoms with van der Waals surface area (Å²) in [5.74, 6) is 0.821. The van der Waals surface area contributed by atoms with Crippen LogP contribution >= 0.6 is 0 Å². The number of nitrogens with zero attached hydrogens (tertiary/aromatic N) is 1. The molecule has 3 nitrogen and oxygen atoms in total. The first-order valence-corrected chi connectivity index (χ1v) is 7.88. The fourth-order valence-electron chi connectivity index (χ4n) is 3.31. The Morgan fingerprint density at radius 2 is 2.17 bits per heavy atom. The smallest absolute Gasteiger partial charge is 0.0495 e. The van der Waals surface area contributed by atoms with Gasteiger partial charge in [-0.05, 0) is 38.1 Å². The lowest BCUT2D eigenvalue weighted by atomic mass is 10.0. The maximum atomic E-state index is 5.48.